The molecule has 2 aliphatic heterocycles. The third kappa shape index (κ3) is 5.49. The smallest absolute Gasteiger partial charge is 0.241 e. The van der Waals surface area contributed by atoms with Crippen LogP contribution >= 0.6 is 0 Å². The van der Waals surface area contributed by atoms with Crippen molar-refractivity contribution in [2.24, 2.45) is 5.92 Å². The molecule has 0 bridgehead atoms. The Hall–Kier alpha value is -3.68. The highest BCUT2D eigenvalue weighted by atomic mass is 16.7. The van der Waals surface area contributed by atoms with Crippen LogP contribution in [0.4, 0.5) is 5.69 Å². The van der Waals surface area contributed by atoms with Gasteiger partial charge in [-0.05, 0) is 58.7 Å². The van der Waals surface area contributed by atoms with Gasteiger partial charge in [0.1, 0.15) is 17.7 Å². The predicted octanol–water partition coefficient (Wildman–Crippen LogP) is 4.06. The number of benzene rings is 1. The van der Waals surface area contributed by atoms with Crippen molar-refractivity contribution in [1.29, 1.82) is 5.26 Å². The average molecular weight is 544 g/mol. The average Bonchev–Trinajstić information content (AvgIpc) is 3.52. The van der Waals surface area contributed by atoms with Crippen LogP contribution in [0, 0.1) is 17.2 Å². The molecule has 1 aromatic carbocycles. The van der Waals surface area contributed by atoms with E-state index in [0.717, 1.165) is 61.3 Å². The molecule has 1 saturated carbocycles. The summed E-state index contributed by atoms with van der Waals surface area (Å²) in [5.41, 5.74) is 4.57. The number of nitrogens with one attached hydrogen (secondary N) is 1. The summed E-state index contributed by atoms with van der Waals surface area (Å²) in [5.74, 6) is 0.674. The van der Waals surface area contributed by atoms with Crippen molar-refractivity contribution in [2.75, 3.05) is 37.6 Å². The van der Waals surface area contributed by atoms with Crippen molar-refractivity contribution < 1.29 is 14.4 Å². The molecule has 2 atom stereocenters. The molecule has 1 N–H and O–H groups in total. The number of aromatic nitrogens is 3. The first-order valence-corrected chi connectivity index (χ1v) is 14.2. The molecule has 10 heteroatoms. The minimum Gasteiger partial charge on any atom is -0.473 e. The highest BCUT2D eigenvalue weighted by molar-refractivity contribution is 5.85. The number of ether oxygens (including phenoxy) is 1. The number of piperazine rings is 1. The monoisotopic (exact) mass is 543 g/mol. The molecular formula is C30H37N7O3. The Morgan fingerprint density at radius 1 is 1.15 bits per heavy atom. The number of hydroxylamine groups is 2. The Kier molecular flexibility index (Phi) is 6.88. The zero-order valence-corrected chi connectivity index (χ0v) is 23.7. The second-order valence-corrected chi connectivity index (χ2v) is 12.1. The maximum absolute atomic E-state index is 11.8. The van der Waals surface area contributed by atoms with Gasteiger partial charge in [-0.25, -0.2) is 9.97 Å². The number of hydrogen-bond acceptors (Lipinski definition) is 8. The SMILES string of the molecule is C[C@@H](Oc1nc(-c2ccc(N3CCN(OC(C)(C)C)CC3)c(C#N)c2)cc2ncn(C3CC3)c12)[C@H]1CNC(=O)C1. The van der Waals surface area contributed by atoms with Gasteiger partial charge in [0.25, 0.3) is 0 Å². The van der Waals surface area contributed by atoms with Crippen LogP contribution in [0.2, 0.25) is 0 Å². The fourth-order valence-electron chi connectivity index (χ4n) is 5.58. The van der Waals surface area contributed by atoms with Gasteiger partial charge in [-0.1, -0.05) is 6.07 Å². The number of nitriles is 1. The Morgan fingerprint density at radius 3 is 2.58 bits per heavy atom. The molecule has 0 radical (unpaired) electrons. The minimum absolute atomic E-state index is 0.0580. The number of anilines is 1. The molecule has 2 aromatic heterocycles. The first kappa shape index (κ1) is 26.5. The van der Waals surface area contributed by atoms with Gasteiger partial charge in [-0.15, -0.1) is 0 Å². The molecule has 3 fully saturated rings. The Balaban J connectivity index is 1.28. The maximum atomic E-state index is 11.8. The van der Waals surface area contributed by atoms with Crippen LogP contribution in [0.1, 0.15) is 58.6 Å². The summed E-state index contributed by atoms with van der Waals surface area (Å²) in [4.78, 5) is 29.7. The molecule has 210 valence electrons. The Bertz CT molecular complexity index is 1460. The van der Waals surface area contributed by atoms with Gasteiger partial charge < -0.3 is 19.5 Å². The molecule has 2 saturated heterocycles. The van der Waals surface area contributed by atoms with Gasteiger partial charge >= 0.3 is 0 Å². The lowest BCUT2D eigenvalue weighted by Gasteiger charge is -2.38. The number of nitrogens with zero attached hydrogens (tertiary/aromatic N) is 6. The van der Waals surface area contributed by atoms with Gasteiger partial charge in [0.05, 0.1) is 34.4 Å². The van der Waals surface area contributed by atoms with Gasteiger partial charge in [0, 0.05) is 56.7 Å². The fraction of sp³-hybridized carbons (Fsp3) is 0.533. The normalized spacial score (nSPS) is 20.9. The lowest BCUT2D eigenvalue weighted by molar-refractivity contribution is -0.230. The molecule has 4 heterocycles. The number of imidazole rings is 1. The molecule has 10 nitrogen and oxygen atoms in total. The first-order chi connectivity index (χ1) is 19.2. The third-order valence-electron chi connectivity index (χ3n) is 7.83. The van der Waals surface area contributed by atoms with E-state index < -0.39 is 0 Å². The van der Waals surface area contributed by atoms with Crippen LogP contribution in [-0.2, 0) is 9.63 Å². The van der Waals surface area contributed by atoms with Crippen LogP contribution < -0.4 is 15.0 Å². The Morgan fingerprint density at radius 2 is 1.93 bits per heavy atom. The van der Waals surface area contributed by atoms with Crippen molar-refractivity contribution in [2.45, 2.75) is 64.7 Å². The summed E-state index contributed by atoms with van der Waals surface area (Å²) >= 11 is 0. The van der Waals surface area contributed by atoms with Crippen molar-refractivity contribution in [1.82, 2.24) is 24.9 Å². The summed E-state index contributed by atoms with van der Waals surface area (Å²) < 4.78 is 8.63. The van der Waals surface area contributed by atoms with Crippen LogP contribution in [0.25, 0.3) is 22.3 Å². The van der Waals surface area contributed by atoms with Crippen LogP contribution in [0.15, 0.2) is 30.6 Å². The third-order valence-corrected chi connectivity index (χ3v) is 7.83. The number of rotatable bonds is 7. The zero-order chi connectivity index (χ0) is 28.0. The van der Waals surface area contributed by atoms with E-state index in [2.05, 4.69) is 41.6 Å². The molecule has 3 aromatic rings. The number of pyridine rings is 1. The van der Waals surface area contributed by atoms with Gasteiger partial charge in [-0.2, -0.15) is 10.3 Å². The van der Waals surface area contributed by atoms with E-state index in [0.29, 0.717) is 36.1 Å². The summed E-state index contributed by atoms with van der Waals surface area (Å²) in [6.07, 6.45) is 4.37. The lowest BCUT2D eigenvalue weighted by Crippen LogP contribution is -2.48. The predicted molar refractivity (Wildman–Crippen MR) is 152 cm³/mol. The van der Waals surface area contributed by atoms with Crippen molar-refractivity contribution in [3.05, 3.63) is 36.2 Å². The fourth-order valence-corrected chi connectivity index (χ4v) is 5.58. The lowest BCUT2D eigenvalue weighted by atomic mass is 10.0. The summed E-state index contributed by atoms with van der Waals surface area (Å²) in [5, 5.41) is 15.0. The molecule has 1 amide bonds. The largest absolute Gasteiger partial charge is 0.473 e. The molecule has 40 heavy (non-hydrogen) atoms. The Labute approximate surface area is 234 Å². The first-order valence-electron chi connectivity index (χ1n) is 14.2. The molecule has 0 spiro atoms. The zero-order valence-electron chi connectivity index (χ0n) is 23.7. The van der Waals surface area contributed by atoms with Gasteiger partial charge in [0.2, 0.25) is 11.8 Å². The molecule has 6 rings (SSSR count). The molecule has 0 unspecified atom stereocenters. The van der Waals surface area contributed by atoms with E-state index in [4.69, 9.17) is 19.5 Å². The number of carbonyl (C=O) groups excluding carboxylic acids is 1. The minimum atomic E-state index is -0.226. The summed E-state index contributed by atoms with van der Waals surface area (Å²) in [7, 11) is 0. The molecule has 3 aliphatic rings. The van der Waals surface area contributed by atoms with Crippen LogP contribution in [-0.4, -0.2) is 69.9 Å². The number of amides is 1. The summed E-state index contributed by atoms with van der Waals surface area (Å²) in [6.45, 7) is 11.9. The second-order valence-electron chi connectivity index (χ2n) is 12.1. The standard InChI is InChI=1S/C30H37N7O3/c1-19(22-14-27(38)32-17-22)39-29-28-25(33-18-37(28)23-6-7-23)15-24(34-29)20-5-8-26(21(13-20)16-31)35-9-11-36(12-10-35)40-30(2,3)4/h5,8,13,15,18-19,22-23H,6-7,9-12,14,17H2,1-4H3,(H,32,38)/t19-,22-/m1/s1. The van der Waals surface area contributed by atoms with Gasteiger partial charge in [0.15, 0.2) is 0 Å². The second kappa shape index (κ2) is 10.4. The van der Waals surface area contributed by atoms with Crippen molar-refractivity contribution in [3.63, 3.8) is 0 Å². The van der Waals surface area contributed by atoms with E-state index in [1.807, 2.05) is 42.6 Å². The van der Waals surface area contributed by atoms with E-state index in [9.17, 15) is 10.1 Å². The highest BCUT2D eigenvalue weighted by Gasteiger charge is 2.31. The molecular weight excluding hydrogens is 506 g/mol. The van der Waals surface area contributed by atoms with Gasteiger partial charge in [-0.3, -0.25) is 9.63 Å². The number of fused-ring (bicyclic) bond motifs is 1. The maximum Gasteiger partial charge on any atom is 0.241 e. The van der Waals surface area contributed by atoms with Crippen LogP contribution in [0.5, 0.6) is 5.88 Å². The topological polar surface area (TPSA) is 109 Å². The van der Waals surface area contributed by atoms with Crippen LogP contribution in [0.3, 0.4) is 0 Å². The number of carbonyl (C=O) groups is 1. The summed E-state index contributed by atoms with van der Waals surface area (Å²) in [6, 6.07) is 10.7. The molecule has 1 aliphatic carbocycles. The van der Waals surface area contributed by atoms with Crippen molar-refractivity contribution in [3.8, 4) is 23.2 Å². The highest BCUT2D eigenvalue weighted by Crippen LogP contribution is 2.41. The van der Waals surface area contributed by atoms with Crippen molar-refractivity contribution >= 4 is 22.6 Å². The van der Waals surface area contributed by atoms with E-state index in [-0.39, 0.29) is 23.5 Å². The van der Waals surface area contributed by atoms with E-state index in [1.165, 1.54) is 0 Å². The quantitative estimate of drug-likeness (QED) is 0.475. The van der Waals surface area contributed by atoms with E-state index in [1.54, 1.807) is 0 Å². The number of hydrogen-bond donors (Lipinski definition) is 1. The van der Waals surface area contributed by atoms with E-state index >= 15 is 0 Å².